The molecule has 0 bridgehead atoms. The van der Waals surface area contributed by atoms with E-state index in [1.807, 2.05) is 4.90 Å². The molecule has 0 saturated carbocycles. The van der Waals surface area contributed by atoms with E-state index in [0.29, 0.717) is 42.6 Å². The van der Waals surface area contributed by atoms with Crippen LogP contribution in [0.1, 0.15) is 27.6 Å². The van der Waals surface area contributed by atoms with E-state index in [4.69, 9.17) is 9.47 Å². The molecule has 26 heavy (non-hydrogen) atoms. The van der Waals surface area contributed by atoms with E-state index in [2.05, 4.69) is 15.3 Å². The third kappa shape index (κ3) is 4.34. The zero-order valence-electron chi connectivity index (χ0n) is 14.5. The van der Waals surface area contributed by atoms with E-state index in [-0.39, 0.29) is 5.91 Å². The summed E-state index contributed by atoms with van der Waals surface area (Å²) in [5.74, 6) is -0.122. The third-order valence-electron chi connectivity index (χ3n) is 3.85. The maximum absolute atomic E-state index is 12.3. The van der Waals surface area contributed by atoms with Crippen LogP contribution < -0.4 is 10.2 Å². The first-order valence-electron chi connectivity index (χ1n) is 8.40. The Kier molecular flexibility index (Phi) is 5.75. The van der Waals surface area contributed by atoms with Gasteiger partial charge in [0, 0.05) is 31.2 Å². The first-order chi connectivity index (χ1) is 12.7. The molecule has 2 heterocycles. The van der Waals surface area contributed by atoms with Gasteiger partial charge >= 0.3 is 5.97 Å². The Morgan fingerprint density at radius 1 is 1.12 bits per heavy atom. The standard InChI is InChI=1S/C18H20N4O4/c1-2-26-17(24)13-3-5-15(6-4-13)21-16(23)14-11-19-18(20-12-14)22-7-9-25-10-8-22/h3-6,11-12H,2,7-10H2,1H3,(H,21,23). The van der Waals surface area contributed by atoms with Crippen molar-refractivity contribution in [3.63, 3.8) is 0 Å². The van der Waals surface area contributed by atoms with Crippen molar-refractivity contribution in [2.24, 2.45) is 0 Å². The Labute approximate surface area is 151 Å². The van der Waals surface area contributed by atoms with Gasteiger partial charge in [-0.15, -0.1) is 0 Å². The summed E-state index contributed by atoms with van der Waals surface area (Å²) in [5, 5.41) is 2.75. The first-order valence-corrected chi connectivity index (χ1v) is 8.40. The molecule has 0 atom stereocenters. The molecule has 1 aromatic heterocycles. The van der Waals surface area contributed by atoms with Gasteiger partial charge in [0.05, 0.1) is 30.9 Å². The second-order valence-corrected chi connectivity index (χ2v) is 5.62. The lowest BCUT2D eigenvalue weighted by Crippen LogP contribution is -2.37. The molecule has 1 aliphatic rings. The molecule has 1 amide bonds. The highest BCUT2D eigenvalue weighted by atomic mass is 16.5. The number of hydrogen-bond acceptors (Lipinski definition) is 7. The number of morpholine rings is 1. The number of anilines is 2. The van der Waals surface area contributed by atoms with Crippen LogP contribution in [-0.4, -0.2) is 54.8 Å². The number of amides is 1. The molecule has 1 saturated heterocycles. The number of nitrogens with one attached hydrogen (secondary N) is 1. The number of carbonyl (C=O) groups is 2. The van der Waals surface area contributed by atoms with Gasteiger partial charge in [-0.05, 0) is 31.2 Å². The summed E-state index contributed by atoms with van der Waals surface area (Å²) >= 11 is 0. The van der Waals surface area contributed by atoms with Crippen LogP contribution in [0.15, 0.2) is 36.7 Å². The average Bonchev–Trinajstić information content (AvgIpc) is 2.69. The van der Waals surface area contributed by atoms with Crippen molar-refractivity contribution in [1.29, 1.82) is 0 Å². The molecule has 0 aliphatic carbocycles. The Bertz CT molecular complexity index is 756. The van der Waals surface area contributed by atoms with Gasteiger partial charge in [-0.25, -0.2) is 14.8 Å². The van der Waals surface area contributed by atoms with Gasteiger partial charge in [0.15, 0.2) is 0 Å². The van der Waals surface area contributed by atoms with Crippen LogP contribution in [0.2, 0.25) is 0 Å². The van der Waals surface area contributed by atoms with Crippen molar-refractivity contribution in [2.75, 3.05) is 43.1 Å². The smallest absolute Gasteiger partial charge is 0.338 e. The van der Waals surface area contributed by atoms with E-state index in [1.165, 1.54) is 12.4 Å². The summed E-state index contributed by atoms with van der Waals surface area (Å²) in [6.07, 6.45) is 3.00. The lowest BCUT2D eigenvalue weighted by Gasteiger charge is -2.26. The number of hydrogen-bond donors (Lipinski definition) is 1. The number of carbonyl (C=O) groups excluding carboxylic acids is 2. The Morgan fingerprint density at radius 3 is 2.38 bits per heavy atom. The molecule has 0 unspecified atom stereocenters. The largest absolute Gasteiger partial charge is 0.462 e. The highest BCUT2D eigenvalue weighted by Gasteiger charge is 2.15. The number of ether oxygens (including phenoxy) is 2. The van der Waals surface area contributed by atoms with Crippen molar-refractivity contribution < 1.29 is 19.1 Å². The quantitative estimate of drug-likeness (QED) is 0.816. The molecule has 3 rings (SSSR count). The fourth-order valence-corrected chi connectivity index (χ4v) is 2.47. The van der Waals surface area contributed by atoms with Crippen LogP contribution in [0.4, 0.5) is 11.6 Å². The summed E-state index contributed by atoms with van der Waals surface area (Å²) in [6.45, 7) is 4.83. The van der Waals surface area contributed by atoms with Crippen LogP contribution in [-0.2, 0) is 9.47 Å². The summed E-state index contributed by atoms with van der Waals surface area (Å²) in [4.78, 5) is 34.5. The predicted octanol–water partition coefficient (Wildman–Crippen LogP) is 1.74. The van der Waals surface area contributed by atoms with Gasteiger partial charge < -0.3 is 19.7 Å². The van der Waals surface area contributed by atoms with Crippen LogP contribution >= 0.6 is 0 Å². The summed E-state index contributed by atoms with van der Waals surface area (Å²) < 4.78 is 10.2. The lowest BCUT2D eigenvalue weighted by molar-refractivity contribution is 0.0526. The van der Waals surface area contributed by atoms with Gasteiger partial charge in [-0.3, -0.25) is 4.79 Å². The zero-order valence-corrected chi connectivity index (χ0v) is 14.5. The van der Waals surface area contributed by atoms with Gasteiger partial charge in [-0.2, -0.15) is 0 Å². The topological polar surface area (TPSA) is 93.6 Å². The lowest BCUT2D eigenvalue weighted by atomic mass is 10.2. The van der Waals surface area contributed by atoms with Crippen LogP contribution in [0.25, 0.3) is 0 Å². The van der Waals surface area contributed by atoms with E-state index in [9.17, 15) is 9.59 Å². The van der Waals surface area contributed by atoms with Gasteiger partial charge in [0.2, 0.25) is 5.95 Å². The number of rotatable bonds is 5. The highest BCUT2D eigenvalue weighted by Crippen LogP contribution is 2.13. The Hall–Kier alpha value is -3.00. The van der Waals surface area contributed by atoms with Gasteiger partial charge in [0.25, 0.3) is 5.91 Å². The molecular formula is C18H20N4O4. The van der Waals surface area contributed by atoms with Crippen molar-refractivity contribution >= 4 is 23.5 Å². The minimum atomic E-state index is -0.391. The molecule has 136 valence electrons. The maximum Gasteiger partial charge on any atom is 0.338 e. The number of esters is 1. The van der Waals surface area contributed by atoms with Crippen LogP contribution in [0, 0.1) is 0 Å². The molecule has 8 nitrogen and oxygen atoms in total. The SMILES string of the molecule is CCOC(=O)c1ccc(NC(=O)c2cnc(N3CCOCC3)nc2)cc1. The minimum absolute atomic E-state index is 0.317. The molecule has 1 fully saturated rings. The van der Waals surface area contributed by atoms with Crippen molar-refractivity contribution in [3.8, 4) is 0 Å². The fraction of sp³-hybridized carbons (Fsp3) is 0.333. The number of aromatic nitrogens is 2. The molecule has 8 heteroatoms. The molecule has 0 spiro atoms. The van der Waals surface area contributed by atoms with Gasteiger partial charge in [-0.1, -0.05) is 0 Å². The fourth-order valence-electron chi connectivity index (χ4n) is 2.47. The van der Waals surface area contributed by atoms with Crippen molar-refractivity contribution in [2.45, 2.75) is 6.92 Å². The number of nitrogens with zero attached hydrogens (tertiary/aromatic N) is 3. The van der Waals surface area contributed by atoms with Crippen LogP contribution in [0.5, 0.6) is 0 Å². The minimum Gasteiger partial charge on any atom is -0.462 e. The molecule has 1 N–H and O–H groups in total. The zero-order chi connectivity index (χ0) is 18.4. The van der Waals surface area contributed by atoms with E-state index < -0.39 is 5.97 Å². The normalized spacial score (nSPS) is 14.0. The highest BCUT2D eigenvalue weighted by molar-refractivity contribution is 6.04. The van der Waals surface area contributed by atoms with E-state index in [0.717, 1.165) is 13.1 Å². The second kappa shape index (κ2) is 8.39. The van der Waals surface area contributed by atoms with E-state index in [1.54, 1.807) is 31.2 Å². The Morgan fingerprint density at radius 2 is 1.77 bits per heavy atom. The van der Waals surface area contributed by atoms with Gasteiger partial charge in [0.1, 0.15) is 0 Å². The monoisotopic (exact) mass is 356 g/mol. The predicted molar refractivity (Wildman–Crippen MR) is 95.4 cm³/mol. The molecular weight excluding hydrogens is 336 g/mol. The first kappa shape index (κ1) is 17.8. The van der Waals surface area contributed by atoms with Crippen LogP contribution in [0.3, 0.4) is 0 Å². The Balaban J connectivity index is 1.61. The molecule has 0 radical (unpaired) electrons. The molecule has 1 aromatic carbocycles. The number of benzene rings is 1. The third-order valence-corrected chi connectivity index (χ3v) is 3.85. The molecule has 2 aromatic rings. The van der Waals surface area contributed by atoms with Crippen molar-refractivity contribution in [3.05, 3.63) is 47.8 Å². The summed E-state index contributed by atoms with van der Waals surface area (Å²) in [6, 6.07) is 6.50. The summed E-state index contributed by atoms with van der Waals surface area (Å²) in [5.41, 5.74) is 1.36. The maximum atomic E-state index is 12.3. The second-order valence-electron chi connectivity index (χ2n) is 5.62. The van der Waals surface area contributed by atoms with E-state index >= 15 is 0 Å². The summed E-state index contributed by atoms with van der Waals surface area (Å²) in [7, 11) is 0. The average molecular weight is 356 g/mol. The molecule has 1 aliphatic heterocycles. The van der Waals surface area contributed by atoms with Crippen molar-refractivity contribution in [1.82, 2.24) is 9.97 Å².